The van der Waals surface area contributed by atoms with Gasteiger partial charge in [0.1, 0.15) is 0 Å². The van der Waals surface area contributed by atoms with Gasteiger partial charge in [0.15, 0.2) is 23.2 Å². The van der Waals surface area contributed by atoms with Crippen molar-refractivity contribution in [3.05, 3.63) is 35.1 Å². The van der Waals surface area contributed by atoms with Crippen LogP contribution in [0.4, 0.5) is 13.2 Å². The van der Waals surface area contributed by atoms with E-state index in [1.165, 1.54) is 0 Å². The number of nitrogens with two attached hydrogens (primary N) is 1. The predicted molar refractivity (Wildman–Crippen MR) is 44.3 cm³/mol. The minimum absolute atomic E-state index is 0.0390. The molecular formula is C9H8F3NO. The van der Waals surface area contributed by atoms with Crippen LogP contribution in [0.3, 0.4) is 0 Å². The Labute approximate surface area is 78.5 Å². The van der Waals surface area contributed by atoms with Crippen molar-refractivity contribution >= 4 is 5.78 Å². The zero-order valence-electron chi connectivity index (χ0n) is 7.19. The van der Waals surface area contributed by atoms with Gasteiger partial charge in [-0.15, -0.1) is 0 Å². The molecule has 0 bridgehead atoms. The summed E-state index contributed by atoms with van der Waals surface area (Å²) < 4.78 is 38.1. The zero-order chi connectivity index (χ0) is 10.7. The highest BCUT2D eigenvalue weighted by Gasteiger charge is 2.17. The van der Waals surface area contributed by atoms with E-state index in [1.807, 2.05) is 0 Å². The second-order valence-electron chi connectivity index (χ2n) is 2.68. The number of ketones is 1. The first kappa shape index (κ1) is 10.7. The van der Waals surface area contributed by atoms with Crippen molar-refractivity contribution in [1.82, 2.24) is 0 Å². The predicted octanol–water partition coefficient (Wildman–Crippen LogP) is 1.64. The molecule has 5 heteroatoms. The molecule has 0 atom stereocenters. The maximum Gasteiger partial charge on any atom is 0.195 e. The minimum Gasteiger partial charge on any atom is -0.330 e. The van der Waals surface area contributed by atoms with E-state index in [0.717, 1.165) is 6.07 Å². The highest BCUT2D eigenvalue weighted by molar-refractivity contribution is 5.96. The average molecular weight is 203 g/mol. The quantitative estimate of drug-likeness (QED) is 0.599. The van der Waals surface area contributed by atoms with Gasteiger partial charge in [-0.1, -0.05) is 0 Å². The Morgan fingerprint density at radius 1 is 1.21 bits per heavy atom. The SMILES string of the molecule is NCCC(=O)c1ccc(F)c(F)c1F. The van der Waals surface area contributed by atoms with Crippen LogP contribution in [0.15, 0.2) is 12.1 Å². The number of carbonyl (C=O) groups excluding carboxylic acids is 1. The second kappa shape index (κ2) is 4.23. The summed E-state index contributed by atoms with van der Waals surface area (Å²) in [6.07, 6.45) is -0.0952. The maximum atomic E-state index is 13.0. The molecule has 0 aliphatic rings. The average Bonchev–Trinajstić information content (AvgIpc) is 2.15. The molecule has 0 unspecified atom stereocenters. The van der Waals surface area contributed by atoms with E-state index in [4.69, 9.17) is 5.73 Å². The summed E-state index contributed by atoms with van der Waals surface area (Å²) in [6, 6.07) is 1.62. The third-order valence-electron chi connectivity index (χ3n) is 1.71. The van der Waals surface area contributed by atoms with Gasteiger partial charge in [-0.25, -0.2) is 13.2 Å². The molecule has 0 aromatic heterocycles. The maximum absolute atomic E-state index is 13.0. The molecule has 0 fully saturated rings. The molecule has 0 spiro atoms. The van der Waals surface area contributed by atoms with Crippen molar-refractivity contribution in [3.63, 3.8) is 0 Å². The number of hydrogen-bond acceptors (Lipinski definition) is 2. The van der Waals surface area contributed by atoms with Gasteiger partial charge in [-0.2, -0.15) is 0 Å². The number of benzene rings is 1. The summed E-state index contributed by atoms with van der Waals surface area (Å²) in [5, 5.41) is 0. The summed E-state index contributed by atoms with van der Waals surface area (Å²) in [5.74, 6) is -5.04. The smallest absolute Gasteiger partial charge is 0.195 e. The standard InChI is InChI=1S/C9H8F3NO/c10-6-2-1-5(7(14)3-4-13)8(11)9(6)12/h1-2H,3-4,13H2. The van der Waals surface area contributed by atoms with Crippen LogP contribution in [0, 0.1) is 17.5 Å². The first-order valence-corrected chi connectivity index (χ1v) is 3.94. The molecular weight excluding hydrogens is 195 g/mol. The van der Waals surface area contributed by atoms with E-state index in [1.54, 1.807) is 0 Å². The van der Waals surface area contributed by atoms with Gasteiger partial charge in [0.25, 0.3) is 0 Å². The van der Waals surface area contributed by atoms with Crippen molar-refractivity contribution in [2.45, 2.75) is 6.42 Å². The molecule has 2 nitrogen and oxygen atoms in total. The Bertz CT molecular complexity index is 365. The zero-order valence-corrected chi connectivity index (χ0v) is 7.19. The highest BCUT2D eigenvalue weighted by Crippen LogP contribution is 2.16. The molecule has 0 radical (unpaired) electrons. The molecule has 0 aliphatic carbocycles. The minimum atomic E-state index is -1.63. The van der Waals surface area contributed by atoms with E-state index in [-0.39, 0.29) is 13.0 Å². The molecule has 0 aliphatic heterocycles. The normalized spacial score (nSPS) is 10.3. The summed E-state index contributed by atoms with van der Waals surface area (Å²) in [7, 11) is 0. The monoisotopic (exact) mass is 203 g/mol. The van der Waals surface area contributed by atoms with Gasteiger partial charge in [0, 0.05) is 6.42 Å². The fraction of sp³-hybridized carbons (Fsp3) is 0.222. The lowest BCUT2D eigenvalue weighted by molar-refractivity contribution is 0.0980. The van der Waals surface area contributed by atoms with Crippen LogP contribution in [0.1, 0.15) is 16.8 Å². The van der Waals surface area contributed by atoms with Crippen LogP contribution in [0.2, 0.25) is 0 Å². The lowest BCUT2D eigenvalue weighted by Crippen LogP contribution is -2.11. The molecule has 76 valence electrons. The Kier molecular flexibility index (Phi) is 3.24. The summed E-state index contributed by atoms with van der Waals surface area (Å²) in [4.78, 5) is 11.1. The Morgan fingerprint density at radius 2 is 1.86 bits per heavy atom. The fourth-order valence-electron chi connectivity index (χ4n) is 1.01. The van der Waals surface area contributed by atoms with Crippen molar-refractivity contribution < 1.29 is 18.0 Å². The molecule has 1 aromatic carbocycles. The first-order chi connectivity index (χ1) is 6.57. The van der Waals surface area contributed by atoms with Gasteiger partial charge >= 0.3 is 0 Å². The third-order valence-corrected chi connectivity index (χ3v) is 1.71. The number of rotatable bonds is 3. The molecule has 0 saturated carbocycles. The number of halogens is 3. The lowest BCUT2D eigenvalue weighted by Gasteiger charge is -2.02. The summed E-state index contributed by atoms with van der Waals surface area (Å²) >= 11 is 0. The summed E-state index contributed by atoms with van der Waals surface area (Å²) in [6.45, 7) is 0.0390. The van der Waals surface area contributed by atoms with Crippen LogP contribution < -0.4 is 5.73 Å². The van der Waals surface area contributed by atoms with Gasteiger partial charge < -0.3 is 5.73 Å². The molecule has 14 heavy (non-hydrogen) atoms. The topological polar surface area (TPSA) is 43.1 Å². The van der Waals surface area contributed by atoms with Crippen LogP contribution in [-0.2, 0) is 0 Å². The van der Waals surface area contributed by atoms with Crippen LogP contribution in [-0.4, -0.2) is 12.3 Å². The van der Waals surface area contributed by atoms with Crippen LogP contribution in [0.5, 0.6) is 0 Å². The van der Waals surface area contributed by atoms with Gasteiger partial charge in [-0.3, -0.25) is 4.79 Å². The second-order valence-corrected chi connectivity index (χ2v) is 2.68. The van der Waals surface area contributed by atoms with E-state index >= 15 is 0 Å². The van der Waals surface area contributed by atoms with Gasteiger partial charge in [0.2, 0.25) is 0 Å². The molecule has 1 aromatic rings. The first-order valence-electron chi connectivity index (χ1n) is 3.94. The van der Waals surface area contributed by atoms with E-state index in [9.17, 15) is 18.0 Å². The number of Topliss-reactive ketones (excluding diaryl/α,β-unsaturated/α-hetero) is 1. The highest BCUT2D eigenvalue weighted by atomic mass is 19.2. The van der Waals surface area contributed by atoms with Crippen LogP contribution >= 0.6 is 0 Å². The van der Waals surface area contributed by atoms with Crippen molar-refractivity contribution in [1.29, 1.82) is 0 Å². The lowest BCUT2D eigenvalue weighted by atomic mass is 10.1. The van der Waals surface area contributed by atoms with E-state index in [0.29, 0.717) is 6.07 Å². The van der Waals surface area contributed by atoms with Crippen molar-refractivity contribution in [3.8, 4) is 0 Å². The van der Waals surface area contributed by atoms with Gasteiger partial charge in [0.05, 0.1) is 5.56 Å². The Balaban J connectivity index is 3.11. The third kappa shape index (κ3) is 1.93. The number of hydrogen-bond donors (Lipinski definition) is 1. The molecule has 0 heterocycles. The molecule has 0 saturated heterocycles. The largest absolute Gasteiger partial charge is 0.330 e. The molecule has 2 N–H and O–H groups in total. The summed E-state index contributed by atoms with van der Waals surface area (Å²) in [5.41, 5.74) is 4.61. The Hall–Kier alpha value is -1.36. The van der Waals surface area contributed by atoms with Crippen molar-refractivity contribution in [2.75, 3.05) is 6.54 Å². The van der Waals surface area contributed by atoms with Gasteiger partial charge in [-0.05, 0) is 18.7 Å². The number of carbonyl (C=O) groups is 1. The Morgan fingerprint density at radius 3 is 2.43 bits per heavy atom. The van der Waals surface area contributed by atoms with E-state index < -0.39 is 28.8 Å². The molecule has 0 amide bonds. The fourth-order valence-corrected chi connectivity index (χ4v) is 1.01. The van der Waals surface area contributed by atoms with E-state index in [2.05, 4.69) is 0 Å². The molecule has 1 rings (SSSR count). The van der Waals surface area contributed by atoms with Crippen molar-refractivity contribution in [2.24, 2.45) is 5.73 Å². The van der Waals surface area contributed by atoms with Crippen LogP contribution in [0.25, 0.3) is 0 Å².